The molecule has 0 saturated heterocycles. The van der Waals surface area contributed by atoms with Crippen LogP contribution in [-0.2, 0) is 0 Å². The number of rotatable bonds is 2. The largest absolute Gasteiger partial charge is 0.396 e. The van der Waals surface area contributed by atoms with Crippen LogP contribution >= 0.6 is 12.6 Å². The first-order chi connectivity index (χ1) is 5.75. The summed E-state index contributed by atoms with van der Waals surface area (Å²) in [6.07, 6.45) is 3.57. The summed E-state index contributed by atoms with van der Waals surface area (Å²) in [5.41, 5.74) is 6.36. The van der Waals surface area contributed by atoms with E-state index in [4.69, 9.17) is 5.73 Å². The Morgan fingerprint density at radius 3 is 2.92 bits per heavy atom. The normalized spacial score (nSPS) is 10.8. The van der Waals surface area contributed by atoms with Gasteiger partial charge in [-0.15, -0.1) is 0 Å². The van der Waals surface area contributed by atoms with E-state index in [2.05, 4.69) is 12.6 Å². The average Bonchev–Trinajstić information content (AvgIpc) is 2.08. The minimum atomic E-state index is -0.378. The molecule has 0 saturated carbocycles. The lowest BCUT2D eigenvalue weighted by atomic mass is 10.1. The van der Waals surface area contributed by atoms with Gasteiger partial charge in [-0.3, -0.25) is 0 Å². The van der Waals surface area contributed by atoms with Crippen LogP contribution in [-0.4, -0.2) is 5.75 Å². The Bertz CT molecular complexity index is 297. The molecule has 1 rings (SSSR count). The molecular formula is C9H10FNS. The first kappa shape index (κ1) is 9.13. The maximum Gasteiger partial charge on any atom is 0.146 e. The molecule has 0 heterocycles. The van der Waals surface area contributed by atoms with Gasteiger partial charge < -0.3 is 5.73 Å². The molecule has 0 aliphatic carbocycles. The fourth-order valence-corrected chi connectivity index (χ4v) is 0.984. The van der Waals surface area contributed by atoms with Gasteiger partial charge in [0.15, 0.2) is 0 Å². The van der Waals surface area contributed by atoms with E-state index in [0.29, 0.717) is 11.3 Å². The van der Waals surface area contributed by atoms with Crippen LogP contribution in [0.2, 0.25) is 0 Å². The second-order valence-electron chi connectivity index (χ2n) is 2.33. The second-order valence-corrected chi connectivity index (χ2v) is 2.69. The van der Waals surface area contributed by atoms with Crippen molar-refractivity contribution in [3.05, 3.63) is 35.7 Å². The van der Waals surface area contributed by atoms with E-state index in [9.17, 15) is 4.39 Å². The van der Waals surface area contributed by atoms with Gasteiger partial charge >= 0.3 is 0 Å². The Labute approximate surface area is 76.5 Å². The van der Waals surface area contributed by atoms with E-state index >= 15 is 0 Å². The molecular weight excluding hydrogens is 173 g/mol. The minimum absolute atomic E-state index is 0.190. The lowest BCUT2D eigenvalue weighted by molar-refractivity contribution is 0.632. The van der Waals surface area contributed by atoms with Crippen molar-refractivity contribution in [2.75, 3.05) is 11.5 Å². The second kappa shape index (κ2) is 4.16. The monoisotopic (exact) mass is 183 g/mol. The van der Waals surface area contributed by atoms with Gasteiger partial charge in [-0.2, -0.15) is 12.6 Å². The number of halogens is 1. The van der Waals surface area contributed by atoms with Crippen LogP contribution in [0, 0.1) is 5.82 Å². The summed E-state index contributed by atoms with van der Waals surface area (Å²) in [5.74, 6) is 0.243. The highest BCUT2D eigenvalue weighted by Gasteiger charge is 1.99. The third-order valence-electron chi connectivity index (χ3n) is 1.49. The standard InChI is InChI=1S/C9H10FNS/c10-8-5-1-3-7(9(8)11)4-2-6-12/h1-5,12H,6,11H2. The quantitative estimate of drug-likeness (QED) is 0.534. The summed E-state index contributed by atoms with van der Waals surface area (Å²) < 4.78 is 12.8. The van der Waals surface area contributed by atoms with Crippen molar-refractivity contribution < 1.29 is 4.39 Å². The Morgan fingerprint density at radius 1 is 1.50 bits per heavy atom. The molecule has 0 bridgehead atoms. The molecule has 64 valence electrons. The zero-order chi connectivity index (χ0) is 8.97. The number of nitrogen functional groups attached to an aromatic ring is 1. The zero-order valence-electron chi connectivity index (χ0n) is 6.50. The van der Waals surface area contributed by atoms with Crippen molar-refractivity contribution in [1.29, 1.82) is 0 Å². The topological polar surface area (TPSA) is 26.0 Å². The molecule has 1 nitrogen and oxygen atoms in total. The predicted octanol–water partition coefficient (Wildman–Crippen LogP) is 2.35. The Balaban J connectivity index is 3.00. The fourth-order valence-electron chi connectivity index (χ4n) is 0.879. The highest BCUT2D eigenvalue weighted by Crippen LogP contribution is 2.16. The first-order valence-electron chi connectivity index (χ1n) is 3.57. The van der Waals surface area contributed by atoms with Crippen molar-refractivity contribution in [2.24, 2.45) is 0 Å². The van der Waals surface area contributed by atoms with Gasteiger partial charge in [0.1, 0.15) is 5.82 Å². The molecule has 0 aliphatic heterocycles. The predicted molar refractivity (Wildman–Crippen MR) is 53.7 cm³/mol. The van der Waals surface area contributed by atoms with Crippen molar-refractivity contribution in [1.82, 2.24) is 0 Å². The maximum absolute atomic E-state index is 12.8. The molecule has 2 N–H and O–H groups in total. The van der Waals surface area contributed by atoms with Crippen LogP contribution in [0.25, 0.3) is 6.08 Å². The molecule has 0 fully saturated rings. The number of benzene rings is 1. The SMILES string of the molecule is Nc1c(F)cccc1C=CCS. The number of nitrogens with two attached hydrogens (primary N) is 1. The summed E-state index contributed by atoms with van der Waals surface area (Å²) in [4.78, 5) is 0. The van der Waals surface area contributed by atoms with E-state index in [1.807, 2.05) is 6.08 Å². The molecule has 1 aromatic carbocycles. The van der Waals surface area contributed by atoms with E-state index < -0.39 is 0 Å². The Morgan fingerprint density at radius 2 is 2.25 bits per heavy atom. The van der Waals surface area contributed by atoms with Gasteiger partial charge in [-0.05, 0) is 6.07 Å². The molecule has 0 amide bonds. The van der Waals surface area contributed by atoms with Gasteiger partial charge in [-0.25, -0.2) is 4.39 Å². The Kier molecular flexibility index (Phi) is 3.17. The molecule has 0 radical (unpaired) electrons. The van der Waals surface area contributed by atoms with Crippen LogP contribution in [0.1, 0.15) is 5.56 Å². The minimum Gasteiger partial charge on any atom is -0.396 e. The third-order valence-corrected chi connectivity index (χ3v) is 1.70. The van der Waals surface area contributed by atoms with E-state index in [1.54, 1.807) is 18.2 Å². The van der Waals surface area contributed by atoms with Crippen LogP contribution in [0.3, 0.4) is 0 Å². The van der Waals surface area contributed by atoms with Gasteiger partial charge in [0.05, 0.1) is 5.69 Å². The highest BCUT2D eigenvalue weighted by molar-refractivity contribution is 7.80. The molecule has 0 spiro atoms. The lowest BCUT2D eigenvalue weighted by Crippen LogP contribution is -1.93. The van der Waals surface area contributed by atoms with Crippen molar-refractivity contribution in [3.8, 4) is 0 Å². The number of hydrogen-bond acceptors (Lipinski definition) is 2. The van der Waals surface area contributed by atoms with Crippen molar-refractivity contribution in [3.63, 3.8) is 0 Å². The molecule has 1 aromatic rings. The molecule has 3 heteroatoms. The lowest BCUT2D eigenvalue weighted by Gasteiger charge is -1.99. The molecule has 0 aliphatic rings. The first-order valence-corrected chi connectivity index (χ1v) is 4.20. The number of para-hydroxylation sites is 1. The smallest absolute Gasteiger partial charge is 0.146 e. The number of thiol groups is 1. The number of hydrogen-bond donors (Lipinski definition) is 2. The summed E-state index contributed by atoms with van der Waals surface area (Å²) in [5, 5.41) is 0. The molecule has 0 unspecified atom stereocenters. The van der Waals surface area contributed by atoms with Gasteiger partial charge in [0, 0.05) is 11.3 Å². The van der Waals surface area contributed by atoms with Crippen molar-refractivity contribution >= 4 is 24.4 Å². The fraction of sp³-hybridized carbons (Fsp3) is 0.111. The van der Waals surface area contributed by atoms with E-state index in [1.165, 1.54) is 6.07 Å². The van der Waals surface area contributed by atoms with Crippen LogP contribution in [0.4, 0.5) is 10.1 Å². The summed E-state index contributed by atoms with van der Waals surface area (Å²) >= 11 is 3.99. The summed E-state index contributed by atoms with van der Waals surface area (Å²) in [6.45, 7) is 0. The third kappa shape index (κ3) is 2.01. The van der Waals surface area contributed by atoms with Crippen LogP contribution in [0.5, 0.6) is 0 Å². The molecule has 0 atom stereocenters. The van der Waals surface area contributed by atoms with E-state index in [0.717, 1.165) is 0 Å². The molecule has 0 aromatic heterocycles. The highest BCUT2D eigenvalue weighted by atomic mass is 32.1. The van der Waals surface area contributed by atoms with Crippen LogP contribution < -0.4 is 5.73 Å². The van der Waals surface area contributed by atoms with Gasteiger partial charge in [-0.1, -0.05) is 24.3 Å². The van der Waals surface area contributed by atoms with Gasteiger partial charge in [0.25, 0.3) is 0 Å². The van der Waals surface area contributed by atoms with Gasteiger partial charge in [0.2, 0.25) is 0 Å². The summed E-state index contributed by atoms with van der Waals surface area (Å²) in [7, 11) is 0. The van der Waals surface area contributed by atoms with Crippen LogP contribution in [0.15, 0.2) is 24.3 Å². The maximum atomic E-state index is 12.8. The van der Waals surface area contributed by atoms with E-state index in [-0.39, 0.29) is 11.5 Å². The zero-order valence-corrected chi connectivity index (χ0v) is 7.39. The average molecular weight is 183 g/mol. The van der Waals surface area contributed by atoms with Crippen molar-refractivity contribution in [2.45, 2.75) is 0 Å². The molecule has 12 heavy (non-hydrogen) atoms. The summed E-state index contributed by atoms with van der Waals surface area (Å²) in [6, 6.07) is 4.73. The number of anilines is 1. The Hall–Kier alpha value is -0.960.